The highest BCUT2D eigenvalue weighted by atomic mass is 16.5. The second-order valence-corrected chi connectivity index (χ2v) is 5.26. The Balaban J connectivity index is 1.73. The van der Waals surface area contributed by atoms with Crippen molar-refractivity contribution < 1.29 is 23.6 Å². The van der Waals surface area contributed by atoms with E-state index in [2.05, 4.69) is 10.5 Å². The Kier molecular flexibility index (Phi) is 5.95. The van der Waals surface area contributed by atoms with Gasteiger partial charge in [-0.3, -0.25) is 9.59 Å². The molecule has 2 aromatic rings. The Bertz CT molecular complexity index is 687. The summed E-state index contributed by atoms with van der Waals surface area (Å²) >= 11 is 0. The van der Waals surface area contributed by atoms with Crippen molar-refractivity contribution >= 4 is 11.9 Å². The molecule has 1 N–H and O–H groups in total. The van der Waals surface area contributed by atoms with Gasteiger partial charge in [-0.15, -0.1) is 0 Å². The fourth-order valence-corrected chi connectivity index (χ4v) is 2.09. The molecule has 2 rings (SSSR count). The number of carbonyl (C=O) groups is 2. The van der Waals surface area contributed by atoms with Gasteiger partial charge in [-0.25, -0.2) is 0 Å². The van der Waals surface area contributed by atoms with Crippen molar-refractivity contribution in [2.24, 2.45) is 0 Å². The van der Waals surface area contributed by atoms with Crippen LogP contribution in [0.5, 0.6) is 5.75 Å². The van der Waals surface area contributed by atoms with Crippen molar-refractivity contribution in [2.75, 3.05) is 13.7 Å². The van der Waals surface area contributed by atoms with Gasteiger partial charge in [-0.2, -0.15) is 0 Å². The van der Waals surface area contributed by atoms with Crippen molar-refractivity contribution in [1.29, 1.82) is 0 Å². The summed E-state index contributed by atoms with van der Waals surface area (Å²) in [5.41, 5.74) is 2.26. The normalized spacial score (nSPS) is 10.3. The zero-order valence-electron chi connectivity index (χ0n) is 13.9. The van der Waals surface area contributed by atoms with Gasteiger partial charge in [0.1, 0.15) is 11.5 Å². The van der Waals surface area contributed by atoms with E-state index in [1.807, 2.05) is 24.3 Å². The van der Waals surface area contributed by atoms with Crippen LogP contribution in [0.3, 0.4) is 0 Å². The average molecular weight is 332 g/mol. The number of methoxy groups -OCH3 is 1. The van der Waals surface area contributed by atoms with Gasteiger partial charge in [0.05, 0.1) is 19.2 Å². The molecule has 0 fully saturated rings. The summed E-state index contributed by atoms with van der Waals surface area (Å²) in [5.74, 6) is 0.466. The first-order chi connectivity index (χ1) is 11.5. The number of aryl methyl sites for hydroxylation is 2. The molecule has 1 aromatic carbocycles. The van der Waals surface area contributed by atoms with Gasteiger partial charge in [-0.05, 0) is 31.5 Å². The largest absolute Gasteiger partial charge is 0.497 e. The minimum Gasteiger partial charge on any atom is -0.497 e. The summed E-state index contributed by atoms with van der Waals surface area (Å²) in [5, 5.41) is 6.45. The van der Waals surface area contributed by atoms with Gasteiger partial charge >= 0.3 is 5.97 Å². The topological polar surface area (TPSA) is 90.7 Å². The van der Waals surface area contributed by atoms with Crippen LogP contribution in [-0.2, 0) is 27.3 Å². The molecule has 0 radical (unpaired) electrons. The van der Waals surface area contributed by atoms with E-state index in [0.717, 1.165) is 11.3 Å². The second kappa shape index (κ2) is 8.14. The van der Waals surface area contributed by atoms with Gasteiger partial charge in [0.25, 0.3) is 5.91 Å². The van der Waals surface area contributed by atoms with E-state index in [-0.39, 0.29) is 18.9 Å². The molecule has 7 heteroatoms. The fraction of sp³-hybridized carbons (Fsp3) is 0.353. The summed E-state index contributed by atoms with van der Waals surface area (Å²) in [4.78, 5) is 23.5. The van der Waals surface area contributed by atoms with Crippen molar-refractivity contribution in [1.82, 2.24) is 10.5 Å². The van der Waals surface area contributed by atoms with Gasteiger partial charge in [-0.1, -0.05) is 17.3 Å². The Labute approximate surface area is 139 Å². The molecular formula is C17H20N2O5. The van der Waals surface area contributed by atoms with E-state index in [1.54, 1.807) is 21.0 Å². The van der Waals surface area contributed by atoms with Crippen molar-refractivity contribution in [3.05, 3.63) is 46.8 Å². The number of benzene rings is 1. The molecule has 0 bridgehead atoms. The van der Waals surface area contributed by atoms with E-state index in [0.29, 0.717) is 23.6 Å². The van der Waals surface area contributed by atoms with Gasteiger partial charge in [0.2, 0.25) is 0 Å². The van der Waals surface area contributed by atoms with Crippen LogP contribution < -0.4 is 10.1 Å². The first-order valence-electron chi connectivity index (χ1n) is 7.46. The molecular weight excluding hydrogens is 312 g/mol. The molecule has 1 amide bonds. The highest BCUT2D eigenvalue weighted by molar-refractivity contribution is 5.81. The molecule has 24 heavy (non-hydrogen) atoms. The van der Waals surface area contributed by atoms with E-state index < -0.39 is 5.97 Å². The third kappa shape index (κ3) is 4.84. The number of amides is 1. The smallest absolute Gasteiger partial charge is 0.310 e. The Morgan fingerprint density at radius 2 is 1.92 bits per heavy atom. The van der Waals surface area contributed by atoms with Crippen molar-refractivity contribution in [2.45, 2.75) is 26.8 Å². The van der Waals surface area contributed by atoms with Crippen LogP contribution in [0.4, 0.5) is 0 Å². The number of carbonyl (C=O) groups excluding carboxylic acids is 2. The molecule has 128 valence electrons. The predicted octanol–water partition coefficient (Wildman–Crippen LogP) is 1.70. The van der Waals surface area contributed by atoms with E-state index in [1.165, 1.54) is 0 Å². The van der Waals surface area contributed by atoms with E-state index >= 15 is 0 Å². The summed E-state index contributed by atoms with van der Waals surface area (Å²) < 4.78 is 15.0. The standard InChI is InChI=1S/C17H20N2O5/c1-11-15(12(2)24-19-11)8-17(21)23-10-16(20)18-9-13-4-6-14(22-3)7-5-13/h4-7H,8-10H2,1-3H3,(H,18,20). The maximum absolute atomic E-state index is 11.8. The molecule has 0 aliphatic carbocycles. The Morgan fingerprint density at radius 1 is 1.21 bits per heavy atom. The lowest BCUT2D eigenvalue weighted by atomic mass is 10.1. The zero-order valence-corrected chi connectivity index (χ0v) is 13.9. The van der Waals surface area contributed by atoms with Gasteiger partial charge < -0.3 is 19.3 Å². The first kappa shape index (κ1) is 17.5. The number of esters is 1. The van der Waals surface area contributed by atoms with Crippen LogP contribution in [0.15, 0.2) is 28.8 Å². The molecule has 0 saturated carbocycles. The second-order valence-electron chi connectivity index (χ2n) is 5.26. The fourth-order valence-electron chi connectivity index (χ4n) is 2.09. The molecule has 0 saturated heterocycles. The number of aromatic nitrogens is 1. The first-order valence-corrected chi connectivity index (χ1v) is 7.46. The molecule has 0 aliphatic rings. The maximum atomic E-state index is 11.8. The van der Waals surface area contributed by atoms with Crippen LogP contribution in [-0.4, -0.2) is 30.7 Å². The van der Waals surface area contributed by atoms with Crippen molar-refractivity contribution in [3.63, 3.8) is 0 Å². The van der Waals surface area contributed by atoms with Crippen molar-refractivity contribution in [3.8, 4) is 5.75 Å². The van der Waals surface area contributed by atoms with Crippen LogP contribution in [0.2, 0.25) is 0 Å². The third-order valence-electron chi connectivity index (χ3n) is 3.52. The lowest BCUT2D eigenvalue weighted by Crippen LogP contribution is -2.28. The summed E-state index contributed by atoms with van der Waals surface area (Å²) in [6, 6.07) is 7.32. The number of hydrogen-bond acceptors (Lipinski definition) is 6. The van der Waals surface area contributed by atoms with E-state index in [9.17, 15) is 9.59 Å². The number of rotatable bonds is 7. The van der Waals surface area contributed by atoms with Crippen LogP contribution >= 0.6 is 0 Å². The Morgan fingerprint density at radius 3 is 2.50 bits per heavy atom. The van der Waals surface area contributed by atoms with Gasteiger partial charge in [0.15, 0.2) is 6.61 Å². The quantitative estimate of drug-likeness (QED) is 0.776. The minimum absolute atomic E-state index is 0.0346. The molecule has 0 spiro atoms. The maximum Gasteiger partial charge on any atom is 0.310 e. The Hall–Kier alpha value is -2.83. The number of ether oxygens (including phenoxy) is 2. The zero-order chi connectivity index (χ0) is 17.5. The van der Waals surface area contributed by atoms with Gasteiger partial charge in [0, 0.05) is 12.1 Å². The van der Waals surface area contributed by atoms with Crippen LogP contribution in [0.25, 0.3) is 0 Å². The monoisotopic (exact) mass is 332 g/mol. The van der Waals surface area contributed by atoms with Crippen LogP contribution in [0, 0.1) is 13.8 Å². The molecule has 1 aromatic heterocycles. The molecule has 1 heterocycles. The molecule has 0 aliphatic heterocycles. The number of hydrogen-bond donors (Lipinski definition) is 1. The summed E-state index contributed by atoms with van der Waals surface area (Å²) in [6.07, 6.45) is 0.0346. The predicted molar refractivity (Wildman–Crippen MR) is 85.5 cm³/mol. The van der Waals surface area contributed by atoms with E-state index in [4.69, 9.17) is 14.0 Å². The summed E-state index contributed by atoms with van der Waals surface area (Å²) in [7, 11) is 1.59. The lowest BCUT2D eigenvalue weighted by molar-refractivity contribution is -0.147. The molecule has 0 unspecified atom stereocenters. The highest BCUT2D eigenvalue weighted by Crippen LogP contribution is 2.13. The average Bonchev–Trinajstić information content (AvgIpc) is 2.90. The third-order valence-corrected chi connectivity index (χ3v) is 3.52. The minimum atomic E-state index is -0.496. The molecule has 7 nitrogen and oxygen atoms in total. The highest BCUT2D eigenvalue weighted by Gasteiger charge is 2.15. The number of nitrogens with one attached hydrogen (secondary N) is 1. The SMILES string of the molecule is COc1ccc(CNC(=O)COC(=O)Cc2c(C)noc2C)cc1. The molecule has 0 atom stereocenters. The number of nitrogens with zero attached hydrogens (tertiary/aromatic N) is 1. The lowest BCUT2D eigenvalue weighted by Gasteiger charge is -2.07. The summed E-state index contributed by atoms with van der Waals surface area (Å²) in [6.45, 7) is 3.51. The van der Waals surface area contributed by atoms with Crippen LogP contribution in [0.1, 0.15) is 22.6 Å².